The number of rotatable bonds is 5. The molecule has 1 saturated heterocycles. The largest absolute Gasteiger partial charge is 0.464 e. The Kier molecular flexibility index (Phi) is 3.71. The summed E-state index contributed by atoms with van der Waals surface area (Å²) in [4.78, 5) is 38.1. The number of ether oxygens (including phenoxy) is 1. The molecule has 24 heavy (non-hydrogen) atoms. The number of amides is 2. The molecule has 2 bridgehead atoms. The Labute approximate surface area is 140 Å². The highest BCUT2D eigenvalue weighted by Crippen LogP contribution is 2.52. The fourth-order valence-electron chi connectivity index (χ4n) is 4.25. The zero-order valence-corrected chi connectivity index (χ0v) is 13.3. The number of carbonyl (C=O) groups is 3. The minimum absolute atomic E-state index is 0.0609. The third kappa shape index (κ3) is 2.44. The molecule has 4 atom stereocenters. The molecule has 0 radical (unpaired) electrons. The molecule has 2 amide bonds. The van der Waals surface area contributed by atoms with Crippen molar-refractivity contribution in [2.24, 2.45) is 23.7 Å². The maximum atomic E-state index is 12.5. The number of imide groups is 1. The first-order valence-corrected chi connectivity index (χ1v) is 8.38. The van der Waals surface area contributed by atoms with Crippen molar-refractivity contribution in [1.82, 2.24) is 4.90 Å². The van der Waals surface area contributed by atoms with E-state index in [-0.39, 0.29) is 61.0 Å². The third-order valence-corrected chi connectivity index (χ3v) is 5.33. The first kappa shape index (κ1) is 15.1. The molecule has 3 aliphatic rings. The Balaban J connectivity index is 1.30. The molecule has 0 spiro atoms. The summed E-state index contributed by atoms with van der Waals surface area (Å²) in [6, 6.07) is 9.34. The van der Waals surface area contributed by atoms with E-state index in [2.05, 4.69) is 12.2 Å². The summed E-state index contributed by atoms with van der Waals surface area (Å²) in [5, 5.41) is 0. The molecule has 124 valence electrons. The molecule has 2 aliphatic carbocycles. The van der Waals surface area contributed by atoms with Crippen molar-refractivity contribution in [3.8, 4) is 0 Å². The Morgan fingerprint density at radius 1 is 1.04 bits per heavy atom. The molecule has 1 aromatic carbocycles. The van der Waals surface area contributed by atoms with Gasteiger partial charge in [-0.2, -0.15) is 0 Å². The number of fused-ring (bicyclic) bond motifs is 5. The van der Waals surface area contributed by atoms with Crippen molar-refractivity contribution < 1.29 is 19.1 Å². The lowest BCUT2D eigenvalue weighted by atomic mass is 9.85. The van der Waals surface area contributed by atoms with Crippen LogP contribution in [0.1, 0.15) is 12.0 Å². The molecule has 1 heterocycles. The van der Waals surface area contributed by atoms with Gasteiger partial charge in [-0.05, 0) is 23.8 Å². The maximum Gasteiger partial charge on any atom is 0.310 e. The lowest BCUT2D eigenvalue weighted by Gasteiger charge is -2.17. The molecule has 1 aromatic rings. The predicted molar refractivity (Wildman–Crippen MR) is 85.5 cm³/mol. The molecule has 0 unspecified atom stereocenters. The van der Waals surface area contributed by atoms with Gasteiger partial charge in [0.2, 0.25) is 11.8 Å². The van der Waals surface area contributed by atoms with Crippen LogP contribution in [0.2, 0.25) is 0 Å². The van der Waals surface area contributed by atoms with Gasteiger partial charge in [-0.1, -0.05) is 42.5 Å². The van der Waals surface area contributed by atoms with Crippen molar-refractivity contribution in [1.29, 1.82) is 0 Å². The van der Waals surface area contributed by atoms with Crippen LogP contribution in [-0.2, 0) is 25.5 Å². The van der Waals surface area contributed by atoms with Crippen LogP contribution in [-0.4, -0.2) is 35.8 Å². The van der Waals surface area contributed by atoms with E-state index in [1.807, 2.05) is 30.3 Å². The Hall–Kier alpha value is -2.43. The van der Waals surface area contributed by atoms with E-state index >= 15 is 0 Å². The first-order valence-electron chi connectivity index (χ1n) is 8.38. The number of allylic oxidation sites excluding steroid dienone is 2. The molecule has 0 N–H and O–H groups in total. The fourth-order valence-corrected chi connectivity index (χ4v) is 4.25. The van der Waals surface area contributed by atoms with Crippen molar-refractivity contribution in [2.75, 3.05) is 13.2 Å². The van der Waals surface area contributed by atoms with Crippen molar-refractivity contribution in [3.05, 3.63) is 48.0 Å². The Morgan fingerprint density at radius 2 is 1.67 bits per heavy atom. The summed E-state index contributed by atoms with van der Waals surface area (Å²) < 4.78 is 5.20. The third-order valence-electron chi connectivity index (χ3n) is 5.33. The second-order valence-corrected chi connectivity index (χ2v) is 6.71. The highest BCUT2D eigenvalue weighted by molar-refractivity contribution is 6.06. The van der Waals surface area contributed by atoms with Gasteiger partial charge in [0.05, 0.1) is 24.8 Å². The van der Waals surface area contributed by atoms with Gasteiger partial charge in [0, 0.05) is 0 Å². The van der Waals surface area contributed by atoms with E-state index in [0.29, 0.717) is 0 Å². The molecule has 1 aliphatic heterocycles. The van der Waals surface area contributed by atoms with Crippen LogP contribution in [0.15, 0.2) is 42.5 Å². The lowest BCUT2D eigenvalue weighted by Crippen LogP contribution is -2.36. The average molecular weight is 325 g/mol. The predicted octanol–water partition coefficient (Wildman–Crippen LogP) is 1.58. The second-order valence-electron chi connectivity index (χ2n) is 6.71. The summed E-state index contributed by atoms with van der Waals surface area (Å²) in [6.07, 6.45) is 5.26. The minimum Gasteiger partial charge on any atom is -0.464 e. The van der Waals surface area contributed by atoms with Gasteiger partial charge in [-0.25, -0.2) is 0 Å². The molecule has 5 nitrogen and oxygen atoms in total. The van der Waals surface area contributed by atoms with E-state index < -0.39 is 0 Å². The number of likely N-dealkylation sites (tertiary alicyclic amines) is 1. The summed E-state index contributed by atoms with van der Waals surface area (Å²) in [5.74, 6) is -0.492. The van der Waals surface area contributed by atoms with Crippen LogP contribution in [0.5, 0.6) is 0 Å². The molecular formula is C19H19NO4. The van der Waals surface area contributed by atoms with Crippen molar-refractivity contribution in [3.63, 3.8) is 0 Å². The van der Waals surface area contributed by atoms with Gasteiger partial charge in [0.15, 0.2) is 0 Å². The van der Waals surface area contributed by atoms with E-state index in [1.165, 1.54) is 4.90 Å². The van der Waals surface area contributed by atoms with Crippen molar-refractivity contribution >= 4 is 17.8 Å². The number of hydrogen-bond acceptors (Lipinski definition) is 4. The number of carbonyl (C=O) groups excluding carboxylic acids is 3. The molecule has 5 heteroatoms. The molecule has 0 aromatic heterocycles. The van der Waals surface area contributed by atoms with Gasteiger partial charge >= 0.3 is 5.97 Å². The molecule has 1 saturated carbocycles. The number of nitrogens with zero attached hydrogens (tertiary/aromatic N) is 1. The summed E-state index contributed by atoms with van der Waals surface area (Å²) in [7, 11) is 0. The van der Waals surface area contributed by atoms with Gasteiger partial charge in [-0.3, -0.25) is 19.3 Å². The van der Waals surface area contributed by atoms with Crippen LogP contribution < -0.4 is 0 Å². The second kappa shape index (κ2) is 5.89. The summed E-state index contributed by atoms with van der Waals surface area (Å²) in [6.45, 7) is 0.218. The summed E-state index contributed by atoms with van der Waals surface area (Å²) in [5.41, 5.74) is 0.882. The fraction of sp³-hybridized carbons (Fsp3) is 0.421. The minimum atomic E-state index is -0.345. The SMILES string of the molecule is O=C(Cc1ccccc1)OCCN1C(=O)[C@H]2[C@H](C1=O)[C@H]1C=C[C@H]2C1. The topological polar surface area (TPSA) is 63.7 Å². The number of hydrogen-bond donors (Lipinski definition) is 0. The van der Waals surface area contributed by atoms with E-state index in [0.717, 1.165) is 12.0 Å². The molecule has 2 fully saturated rings. The highest BCUT2D eigenvalue weighted by atomic mass is 16.5. The smallest absolute Gasteiger partial charge is 0.310 e. The average Bonchev–Trinajstić information content (AvgIpc) is 3.25. The summed E-state index contributed by atoms with van der Waals surface area (Å²) >= 11 is 0. The first-order chi connectivity index (χ1) is 11.6. The standard InChI is InChI=1S/C19H19NO4/c21-15(10-12-4-2-1-3-5-12)24-9-8-20-18(22)16-13-6-7-14(11-13)17(16)19(20)23/h1-7,13-14,16-17H,8-11H2/t13-,14-,16+,17+/m0/s1. The van der Waals surface area contributed by atoms with E-state index in [9.17, 15) is 14.4 Å². The Bertz CT molecular complexity index is 681. The van der Waals surface area contributed by atoms with Crippen LogP contribution in [0, 0.1) is 23.7 Å². The van der Waals surface area contributed by atoms with Gasteiger partial charge in [0.1, 0.15) is 6.61 Å². The normalized spacial score (nSPS) is 30.1. The van der Waals surface area contributed by atoms with Crippen LogP contribution in [0.3, 0.4) is 0 Å². The molecular weight excluding hydrogens is 306 g/mol. The number of esters is 1. The highest BCUT2D eigenvalue weighted by Gasteiger charge is 2.59. The monoisotopic (exact) mass is 325 g/mol. The van der Waals surface area contributed by atoms with Gasteiger partial charge < -0.3 is 4.74 Å². The van der Waals surface area contributed by atoms with E-state index in [4.69, 9.17) is 4.74 Å². The van der Waals surface area contributed by atoms with Crippen LogP contribution in [0.25, 0.3) is 0 Å². The molecule has 4 rings (SSSR count). The van der Waals surface area contributed by atoms with E-state index in [1.54, 1.807) is 0 Å². The van der Waals surface area contributed by atoms with Gasteiger partial charge in [0.25, 0.3) is 0 Å². The number of benzene rings is 1. The lowest BCUT2D eigenvalue weighted by molar-refractivity contribution is -0.148. The quantitative estimate of drug-likeness (QED) is 0.468. The zero-order chi connectivity index (χ0) is 16.7. The Morgan fingerprint density at radius 3 is 2.29 bits per heavy atom. The van der Waals surface area contributed by atoms with Crippen LogP contribution in [0.4, 0.5) is 0 Å². The maximum absolute atomic E-state index is 12.5. The van der Waals surface area contributed by atoms with Gasteiger partial charge in [-0.15, -0.1) is 0 Å². The van der Waals surface area contributed by atoms with Crippen molar-refractivity contribution in [2.45, 2.75) is 12.8 Å². The zero-order valence-electron chi connectivity index (χ0n) is 13.3. The van der Waals surface area contributed by atoms with Crippen LogP contribution >= 0.6 is 0 Å².